The van der Waals surface area contributed by atoms with Gasteiger partial charge in [0.15, 0.2) is 0 Å². The Morgan fingerprint density at radius 2 is 1.62 bits per heavy atom. The van der Waals surface area contributed by atoms with Gasteiger partial charge in [-0.1, -0.05) is 19.1 Å². The average Bonchev–Trinajstić information content (AvgIpc) is 2.74. The molecule has 0 bridgehead atoms. The first-order valence-corrected chi connectivity index (χ1v) is 11.0. The van der Waals surface area contributed by atoms with Gasteiger partial charge >= 0.3 is 0 Å². The summed E-state index contributed by atoms with van der Waals surface area (Å²) in [4.78, 5) is 23.8. The third-order valence-corrected chi connectivity index (χ3v) is 7.14. The number of nitrogens with two attached hydrogens (primary N) is 1. The molecular weight excluding hydrogens is 390 g/mol. The molecule has 2 aromatic rings. The quantitative estimate of drug-likeness (QED) is 0.755. The number of hydrogen-bond acceptors (Lipinski definition) is 4. The van der Waals surface area contributed by atoms with Crippen molar-refractivity contribution in [3.63, 3.8) is 0 Å². The minimum Gasteiger partial charge on any atom is -0.366 e. The Bertz CT molecular complexity index is 978. The number of amides is 2. The Morgan fingerprint density at radius 3 is 2.14 bits per heavy atom. The van der Waals surface area contributed by atoms with Gasteiger partial charge in [0.1, 0.15) is 0 Å². The predicted molar refractivity (Wildman–Crippen MR) is 111 cm³/mol. The van der Waals surface area contributed by atoms with Crippen LogP contribution in [0.25, 0.3) is 0 Å². The van der Waals surface area contributed by atoms with Gasteiger partial charge in [0.2, 0.25) is 21.8 Å². The van der Waals surface area contributed by atoms with Gasteiger partial charge in [-0.3, -0.25) is 9.59 Å². The van der Waals surface area contributed by atoms with Crippen molar-refractivity contribution in [2.45, 2.75) is 31.1 Å². The molecule has 0 radical (unpaired) electrons. The Kier molecular flexibility index (Phi) is 6.34. The molecule has 0 spiro atoms. The Balaban J connectivity index is 1.60. The number of sulfonamides is 1. The van der Waals surface area contributed by atoms with Crippen molar-refractivity contribution in [2.24, 2.45) is 11.7 Å². The first-order valence-electron chi connectivity index (χ1n) is 9.61. The third kappa shape index (κ3) is 4.83. The Labute approximate surface area is 171 Å². The summed E-state index contributed by atoms with van der Waals surface area (Å²) in [6, 6.07) is 13.3. The first-order chi connectivity index (χ1) is 13.8. The highest BCUT2D eigenvalue weighted by Crippen LogP contribution is 2.25. The number of piperidine rings is 1. The van der Waals surface area contributed by atoms with Crippen LogP contribution in [0.3, 0.4) is 0 Å². The maximum absolute atomic E-state index is 12.8. The number of hydrogen-bond donors (Lipinski definition) is 2. The number of primary amides is 1. The lowest BCUT2D eigenvalue weighted by molar-refractivity contribution is -0.120. The molecule has 1 saturated heterocycles. The molecule has 0 atom stereocenters. The van der Waals surface area contributed by atoms with Crippen LogP contribution in [0, 0.1) is 5.92 Å². The van der Waals surface area contributed by atoms with Crippen molar-refractivity contribution < 1.29 is 18.0 Å². The zero-order chi connectivity index (χ0) is 21.0. The SMILES string of the molecule is CCc1ccc(NC(=O)C2CCN(S(=O)(=O)c3ccc(C(N)=O)cc3)CC2)cc1. The van der Waals surface area contributed by atoms with Crippen LogP contribution in [0.2, 0.25) is 0 Å². The van der Waals surface area contributed by atoms with Gasteiger partial charge in [-0.15, -0.1) is 0 Å². The number of benzene rings is 2. The number of rotatable bonds is 6. The second kappa shape index (κ2) is 8.75. The smallest absolute Gasteiger partial charge is 0.248 e. The molecule has 2 aromatic carbocycles. The highest BCUT2D eigenvalue weighted by molar-refractivity contribution is 7.89. The van der Waals surface area contributed by atoms with Gasteiger partial charge in [0, 0.05) is 30.3 Å². The summed E-state index contributed by atoms with van der Waals surface area (Å²) < 4.78 is 27.0. The van der Waals surface area contributed by atoms with Crippen LogP contribution in [0.1, 0.15) is 35.7 Å². The van der Waals surface area contributed by atoms with E-state index in [1.54, 1.807) is 0 Å². The van der Waals surface area contributed by atoms with Crippen LogP contribution in [0.5, 0.6) is 0 Å². The molecule has 0 unspecified atom stereocenters. The van der Waals surface area contributed by atoms with E-state index in [2.05, 4.69) is 12.2 Å². The molecule has 1 aliphatic heterocycles. The zero-order valence-electron chi connectivity index (χ0n) is 16.3. The average molecular weight is 416 g/mol. The number of nitrogens with zero attached hydrogens (tertiary/aromatic N) is 1. The fourth-order valence-electron chi connectivity index (χ4n) is 3.37. The largest absolute Gasteiger partial charge is 0.366 e. The second-order valence-corrected chi connectivity index (χ2v) is 9.04. The fraction of sp³-hybridized carbons (Fsp3) is 0.333. The highest BCUT2D eigenvalue weighted by Gasteiger charge is 2.32. The summed E-state index contributed by atoms with van der Waals surface area (Å²) in [6.07, 6.45) is 1.85. The molecule has 1 fully saturated rings. The van der Waals surface area contributed by atoms with Crippen molar-refractivity contribution >= 4 is 27.5 Å². The van der Waals surface area contributed by atoms with Crippen molar-refractivity contribution in [3.8, 4) is 0 Å². The number of anilines is 1. The van der Waals surface area contributed by atoms with E-state index in [-0.39, 0.29) is 35.4 Å². The monoisotopic (exact) mass is 415 g/mol. The van der Waals surface area contributed by atoms with Crippen molar-refractivity contribution in [3.05, 3.63) is 59.7 Å². The van der Waals surface area contributed by atoms with Crippen molar-refractivity contribution in [1.29, 1.82) is 0 Å². The van der Waals surface area contributed by atoms with E-state index in [0.29, 0.717) is 12.8 Å². The molecule has 0 saturated carbocycles. The minimum atomic E-state index is -3.67. The second-order valence-electron chi connectivity index (χ2n) is 7.11. The van der Waals surface area contributed by atoms with Crippen LogP contribution in [-0.2, 0) is 21.2 Å². The maximum Gasteiger partial charge on any atom is 0.248 e. The molecule has 154 valence electrons. The van der Waals surface area contributed by atoms with Crippen molar-refractivity contribution in [2.75, 3.05) is 18.4 Å². The molecule has 1 heterocycles. The Morgan fingerprint density at radius 1 is 1.03 bits per heavy atom. The molecule has 0 aromatic heterocycles. The highest BCUT2D eigenvalue weighted by atomic mass is 32.2. The predicted octanol–water partition coefficient (Wildman–Crippen LogP) is 2.39. The van der Waals surface area contributed by atoms with Gasteiger partial charge in [0.25, 0.3) is 0 Å². The summed E-state index contributed by atoms with van der Waals surface area (Å²) in [7, 11) is -3.67. The van der Waals surface area contributed by atoms with E-state index in [1.807, 2.05) is 24.3 Å². The molecule has 3 rings (SSSR count). The summed E-state index contributed by atoms with van der Waals surface area (Å²) in [5.74, 6) is -0.924. The van der Waals surface area contributed by atoms with E-state index in [0.717, 1.165) is 12.1 Å². The normalized spacial score (nSPS) is 15.8. The lowest BCUT2D eigenvalue weighted by Crippen LogP contribution is -2.41. The van der Waals surface area contributed by atoms with Gasteiger partial charge in [-0.25, -0.2) is 8.42 Å². The lowest BCUT2D eigenvalue weighted by atomic mass is 9.97. The maximum atomic E-state index is 12.8. The van der Waals surface area contributed by atoms with Crippen LogP contribution in [0.15, 0.2) is 53.4 Å². The van der Waals surface area contributed by atoms with Crippen molar-refractivity contribution in [1.82, 2.24) is 4.31 Å². The molecular formula is C21H25N3O4S. The molecule has 0 aliphatic carbocycles. The fourth-order valence-corrected chi connectivity index (χ4v) is 4.84. The van der Waals surface area contributed by atoms with E-state index in [9.17, 15) is 18.0 Å². The number of aryl methyl sites for hydroxylation is 1. The third-order valence-electron chi connectivity index (χ3n) is 5.23. The van der Waals surface area contributed by atoms with Crippen LogP contribution >= 0.6 is 0 Å². The van der Waals surface area contributed by atoms with E-state index in [4.69, 9.17) is 5.73 Å². The van der Waals surface area contributed by atoms with Gasteiger partial charge in [-0.05, 0) is 61.2 Å². The summed E-state index contributed by atoms with van der Waals surface area (Å²) in [6.45, 7) is 2.61. The summed E-state index contributed by atoms with van der Waals surface area (Å²) >= 11 is 0. The molecule has 3 N–H and O–H groups in total. The molecule has 7 nitrogen and oxygen atoms in total. The van der Waals surface area contributed by atoms with Gasteiger partial charge in [0.05, 0.1) is 4.90 Å². The van der Waals surface area contributed by atoms with E-state index in [1.165, 1.54) is 34.1 Å². The summed E-state index contributed by atoms with van der Waals surface area (Å²) in [5, 5.41) is 2.91. The number of nitrogens with one attached hydrogen (secondary N) is 1. The molecule has 29 heavy (non-hydrogen) atoms. The molecule has 8 heteroatoms. The van der Waals surface area contributed by atoms with Crippen LogP contribution < -0.4 is 11.1 Å². The van der Waals surface area contributed by atoms with Crippen LogP contribution in [-0.4, -0.2) is 37.6 Å². The van der Waals surface area contributed by atoms with Gasteiger partial charge < -0.3 is 11.1 Å². The first kappa shape index (κ1) is 21.0. The van der Waals surface area contributed by atoms with Crippen LogP contribution in [0.4, 0.5) is 5.69 Å². The van der Waals surface area contributed by atoms with Gasteiger partial charge in [-0.2, -0.15) is 4.31 Å². The molecule has 1 aliphatic rings. The van der Waals surface area contributed by atoms with E-state index >= 15 is 0 Å². The topological polar surface area (TPSA) is 110 Å². The Hall–Kier alpha value is -2.71. The van der Waals surface area contributed by atoms with E-state index < -0.39 is 15.9 Å². The zero-order valence-corrected chi connectivity index (χ0v) is 17.1. The number of carbonyl (C=O) groups is 2. The standard InChI is InChI=1S/C21H25N3O4S/c1-2-15-3-7-18(8-4-15)23-21(26)17-11-13-24(14-12-17)29(27,28)19-9-5-16(6-10-19)20(22)25/h3-10,17H,2,11-14H2,1H3,(H2,22,25)(H,23,26). The summed E-state index contributed by atoms with van der Waals surface area (Å²) in [5.41, 5.74) is 7.39. The lowest BCUT2D eigenvalue weighted by Gasteiger charge is -2.30. The number of carbonyl (C=O) groups excluding carboxylic acids is 2. The minimum absolute atomic E-state index is 0.0860. The molecule has 2 amide bonds.